The van der Waals surface area contributed by atoms with Crippen LogP contribution < -0.4 is 5.32 Å². The third-order valence-corrected chi connectivity index (χ3v) is 3.70. The second kappa shape index (κ2) is 5.77. The number of amides is 1. The minimum atomic E-state index is -0.983. The zero-order valence-electron chi connectivity index (χ0n) is 9.90. The zero-order valence-corrected chi connectivity index (χ0v) is 11.4. The van der Waals surface area contributed by atoms with Crippen molar-refractivity contribution in [1.82, 2.24) is 10.2 Å². The molecule has 0 spiro atoms. The van der Waals surface area contributed by atoms with Gasteiger partial charge < -0.3 is 10.4 Å². The van der Waals surface area contributed by atoms with Crippen molar-refractivity contribution in [3.63, 3.8) is 0 Å². The van der Waals surface area contributed by atoms with E-state index in [9.17, 15) is 9.59 Å². The lowest BCUT2D eigenvalue weighted by Gasteiger charge is -2.33. The average Bonchev–Trinajstić information content (AvgIpc) is 2.33. The smallest absolute Gasteiger partial charge is 0.322 e. The van der Waals surface area contributed by atoms with Crippen molar-refractivity contribution in [3.8, 4) is 0 Å². The number of piperazine rings is 1. The molecule has 19 heavy (non-hydrogen) atoms. The van der Waals surface area contributed by atoms with E-state index < -0.39 is 12.0 Å². The summed E-state index contributed by atoms with van der Waals surface area (Å²) in [4.78, 5) is 24.1. The maximum atomic E-state index is 11.4. The van der Waals surface area contributed by atoms with Gasteiger partial charge in [0.15, 0.2) is 0 Å². The quantitative estimate of drug-likeness (QED) is 0.885. The fraction of sp³-hybridized carbons (Fsp3) is 0.333. The molecule has 1 aromatic carbocycles. The monoisotopic (exact) mass is 302 g/mol. The van der Waals surface area contributed by atoms with E-state index in [1.165, 1.54) is 0 Å². The standard InChI is InChI=1S/C12H12Cl2N2O3/c13-8-2-1-3-9(14)7(8)5-16-6-11(17)15-4-10(16)12(18)19/h1-3,10H,4-6H2,(H,15,17)(H,18,19). The number of carbonyl (C=O) groups is 2. The molecule has 2 N–H and O–H groups in total. The summed E-state index contributed by atoms with van der Waals surface area (Å²) in [6.07, 6.45) is 0. The Labute approximate surface area is 120 Å². The summed E-state index contributed by atoms with van der Waals surface area (Å²) in [6.45, 7) is 0.317. The summed E-state index contributed by atoms with van der Waals surface area (Å²) in [6, 6.07) is 4.31. The molecule has 0 aliphatic carbocycles. The number of rotatable bonds is 3. The molecule has 0 radical (unpaired) electrons. The molecule has 1 atom stereocenters. The van der Waals surface area contributed by atoms with E-state index in [0.717, 1.165) is 0 Å². The first-order valence-corrected chi connectivity index (χ1v) is 6.41. The molecule has 1 aliphatic heterocycles. The fourth-order valence-electron chi connectivity index (χ4n) is 1.99. The Balaban J connectivity index is 2.23. The minimum Gasteiger partial charge on any atom is -0.480 e. The summed E-state index contributed by atoms with van der Waals surface area (Å²) in [5.74, 6) is -1.19. The lowest BCUT2D eigenvalue weighted by atomic mass is 10.1. The van der Waals surface area contributed by atoms with Gasteiger partial charge in [0.2, 0.25) is 5.91 Å². The van der Waals surface area contributed by atoms with Crippen LogP contribution in [0, 0.1) is 0 Å². The number of carbonyl (C=O) groups excluding carboxylic acids is 1. The number of halogens is 2. The van der Waals surface area contributed by atoms with Crippen LogP contribution in [0.15, 0.2) is 18.2 Å². The largest absolute Gasteiger partial charge is 0.480 e. The lowest BCUT2D eigenvalue weighted by Crippen LogP contribution is -2.57. The number of aliphatic carboxylic acids is 1. The molecule has 1 fully saturated rings. The van der Waals surface area contributed by atoms with Gasteiger partial charge in [0.05, 0.1) is 6.54 Å². The molecule has 0 saturated carbocycles. The Morgan fingerprint density at radius 2 is 2.05 bits per heavy atom. The molecular formula is C12H12Cl2N2O3. The van der Waals surface area contributed by atoms with E-state index in [-0.39, 0.29) is 25.5 Å². The van der Waals surface area contributed by atoms with Crippen molar-refractivity contribution in [2.75, 3.05) is 13.1 Å². The van der Waals surface area contributed by atoms with E-state index in [0.29, 0.717) is 15.6 Å². The van der Waals surface area contributed by atoms with Crippen molar-refractivity contribution in [2.45, 2.75) is 12.6 Å². The van der Waals surface area contributed by atoms with Crippen molar-refractivity contribution in [3.05, 3.63) is 33.8 Å². The number of carboxylic acid groups (broad SMARTS) is 1. The molecular weight excluding hydrogens is 291 g/mol. The highest BCUT2D eigenvalue weighted by Crippen LogP contribution is 2.26. The van der Waals surface area contributed by atoms with Crippen molar-refractivity contribution >= 4 is 35.1 Å². The highest BCUT2D eigenvalue weighted by atomic mass is 35.5. The summed E-state index contributed by atoms with van der Waals surface area (Å²) < 4.78 is 0. The Kier molecular flexibility index (Phi) is 4.29. The molecule has 1 aromatic rings. The minimum absolute atomic E-state index is 0.0124. The normalized spacial score (nSPS) is 20.1. The summed E-state index contributed by atoms with van der Waals surface area (Å²) >= 11 is 12.1. The van der Waals surface area contributed by atoms with Crippen LogP contribution in [0.2, 0.25) is 10.0 Å². The van der Waals surface area contributed by atoms with Gasteiger partial charge in [-0.1, -0.05) is 29.3 Å². The van der Waals surface area contributed by atoms with Crippen LogP contribution in [0.5, 0.6) is 0 Å². The first kappa shape index (κ1) is 14.1. The molecule has 1 amide bonds. The third kappa shape index (κ3) is 3.18. The predicted molar refractivity (Wildman–Crippen MR) is 71.3 cm³/mol. The second-order valence-corrected chi connectivity index (χ2v) is 5.08. The van der Waals surface area contributed by atoms with Gasteiger partial charge in [-0.2, -0.15) is 0 Å². The van der Waals surface area contributed by atoms with E-state index in [1.807, 2.05) is 0 Å². The van der Waals surface area contributed by atoms with Gasteiger partial charge in [0.1, 0.15) is 6.04 Å². The number of nitrogens with zero attached hydrogens (tertiary/aromatic N) is 1. The Hall–Kier alpha value is -1.30. The molecule has 1 unspecified atom stereocenters. The molecule has 1 saturated heterocycles. The van der Waals surface area contributed by atoms with E-state index in [1.54, 1.807) is 23.1 Å². The average molecular weight is 303 g/mol. The molecule has 1 heterocycles. The number of hydrogen-bond acceptors (Lipinski definition) is 3. The van der Waals surface area contributed by atoms with E-state index in [4.69, 9.17) is 28.3 Å². The van der Waals surface area contributed by atoms with Gasteiger partial charge >= 0.3 is 5.97 Å². The molecule has 1 aliphatic rings. The number of benzene rings is 1. The van der Waals surface area contributed by atoms with Crippen LogP contribution in [0.1, 0.15) is 5.56 Å². The van der Waals surface area contributed by atoms with Crippen LogP contribution in [-0.4, -0.2) is 41.0 Å². The Morgan fingerprint density at radius 3 is 2.63 bits per heavy atom. The van der Waals surface area contributed by atoms with Crippen LogP contribution in [0.25, 0.3) is 0 Å². The van der Waals surface area contributed by atoms with Crippen molar-refractivity contribution < 1.29 is 14.7 Å². The number of carboxylic acids is 1. The SMILES string of the molecule is O=C1CN(Cc2c(Cl)cccc2Cl)C(C(=O)O)CN1. The van der Waals surface area contributed by atoms with Crippen molar-refractivity contribution in [2.24, 2.45) is 0 Å². The highest BCUT2D eigenvalue weighted by molar-refractivity contribution is 6.35. The highest BCUT2D eigenvalue weighted by Gasteiger charge is 2.32. The second-order valence-electron chi connectivity index (χ2n) is 4.26. The first-order valence-electron chi connectivity index (χ1n) is 5.65. The Morgan fingerprint density at radius 1 is 1.42 bits per heavy atom. The topological polar surface area (TPSA) is 69.6 Å². The van der Waals surface area contributed by atoms with Gasteiger partial charge in [-0.15, -0.1) is 0 Å². The zero-order chi connectivity index (χ0) is 14.0. The van der Waals surface area contributed by atoms with Crippen LogP contribution in [0.3, 0.4) is 0 Å². The summed E-state index contributed by atoms with van der Waals surface area (Å²) in [7, 11) is 0. The van der Waals surface area contributed by atoms with Gasteiger partial charge in [-0.25, -0.2) is 0 Å². The molecule has 102 valence electrons. The lowest BCUT2D eigenvalue weighted by molar-refractivity contribution is -0.146. The maximum Gasteiger partial charge on any atom is 0.322 e. The summed E-state index contributed by atoms with van der Waals surface area (Å²) in [5.41, 5.74) is 0.631. The van der Waals surface area contributed by atoms with Gasteiger partial charge in [0.25, 0.3) is 0 Å². The number of hydrogen-bond donors (Lipinski definition) is 2. The summed E-state index contributed by atoms with van der Waals surface area (Å²) in [5, 5.41) is 12.6. The molecule has 0 aromatic heterocycles. The van der Waals surface area contributed by atoms with Crippen LogP contribution in [-0.2, 0) is 16.1 Å². The number of nitrogens with one attached hydrogen (secondary N) is 1. The van der Waals surface area contributed by atoms with E-state index in [2.05, 4.69) is 5.32 Å². The van der Waals surface area contributed by atoms with Crippen molar-refractivity contribution in [1.29, 1.82) is 0 Å². The molecule has 5 nitrogen and oxygen atoms in total. The van der Waals surface area contributed by atoms with Gasteiger partial charge in [-0.05, 0) is 12.1 Å². The van der Waals surface area contributed by atoms with E-state index >= 15 is 0 Å². The molecule has 0 bridgehead atoms. The van der Waals surface area contributed by atoms with Gasteiger partial charge in [0, 0.05) is 28.7 Å². The third-order valence-electron chi connectivity index (χ3n) is 2.99. The Bertz CT molecular complexity index is 501. The molecule has 2 rings (SSSR count). The first-order chi connectivity index (χ1) is 8.99. The predicted octanol–water partition coefficient (Wildman–Crippen LogP) is 1.38. The van der Waals surface area contributed by atoms with Crippen LogP contribution >= 0.6 is 23.2 Å². The van der Waals surface area contributed by atoms with Crippen LogP contribution in [0.4, 0.5) is 0 Å². The molecule has 7 heteroatoms. The van der Waals surface area contributed by atoms with Gasteiger partial charge in [-0.3, -0.25) is 14.5 Å². The maximum absolute atomic E-state index is 11.4. The fourth-order valence-corrected chi connectivity index (χ4v) is 2.50.